The first kappa shape index (κ1) is 23.0. The maximum absolute atomic E-state index is 13.2. The number of nitrogens with one attached hydrogen (secondary N) is 2. The first-order valence-electron chi connectivity index (χ1n) is 9.71. The molecule has 0 aromatic heterocycles. The first-order chi connectivity index (χ1) is 15.4. The van der Waals surface area contributed by atoms with Gasteiger partial charge >= 0.3 is 5.97 Å². The van der Waals surface area contributed by atoms with E-state index < -0.39 is 24.3 Å². The molecule has 6 nitrogen and oxygen atoms in total. The van der Waals surface area contributed by atoms with Crippen LogP contribution in [0.15, 0.2) is 77.7 Å². The number of anilines is 2. The average Bonchev–Trinajstić information content (AvgIpc) is 2.78. The van der Waals surface area contributed by atoms with Gasteiger partial charge in [-0.05, 0) is 49.4 Å². The van der Waals surface area contributed by atoms with Crippen LogP contribution >= 0.6 is 11.8 Å². The van der Waals surface area contributed by atoms with E-state index >= 15 is 0 Å². The number of aryl methyl sites for hydroxylation is 1. The van der Waals surface area contributed by atoms with Crippen LogP contribution in [0.3, 0.4) is 0 Å². The van der Waals surface area contributed by atoms with Crippen LogP contribution in [0.25, 0.3) is 0 Å². The highest BCUT2D eigenvalue weighted by molar-refractivity contribution is 8.00. The monoisotopic (exact) mass is 452 g/mol. The molecular weight excluding hydrogens is 431 g/mol. The van der Waals surface area contributed by atoms with Crippen LogP contribution in [0.1, 0.15) is 15.9 Å². The molecule has 164 valence electrons. The number of benzene rings is 3. The Balaban J connectivity index is 1.53. The molecule has 0 heterocycles. The van der Waals surface area contributed by atoms with Gasteiger partial charge in [-0.25, -0.2) is 9.18 Å². The number of ether oxygens (including phenoxy) is 1. The van der Waals surface area contributed by atoms with Gasteiger partial charge in [-0.15, -0.1) is 11.8 Å². The molecule has 0 fully saturated rings. The fraction of sp³-hybridized carbons (Fsp3) is 0.125. The summed E-state index contributed by atoms with van der Waals surface area (Å²) in [6, 6.07) is 19.5. The van der Waals surface area contributed by atoms with Crippen LogP contribution in [0.2, 0.25) is 0 Å². The fourth-order valence-electron chi connectivity index (χ4n) is 2.71. The fourth-order valence-corrected chi connectivity index (χ4v) is 3.55. The average molecular weight is 453 g/mol. The van der Waals surface area contributed by atoms with Crippen molar-refractivity contribution in [3.05, 3.63) is 89.7 Å². The van der Waals surface area contributed by atoms with Crippen molar-refractivity contribution in [2.24, 2.45) is 0 Å². The topological polar surface area (TPSA) is 84.5 Å². The maximum atomic E-state index is 13.2. The Hall–Kier alpha value is -3.65. The molecule has 0 saturated carbocycles. The third kappa shape index (κ3) is 6.95. The van der Waals surface area contributed by atoms with Crippen molar-refractivity contribution in [2.75, 3.05) is 23.0 Å². The summed E-state index contributed by atoms with van der Waals surface area (Å²) in [5.74, 6) is -1.89. The van der Waals surface area contributed by atoms with Crippen molar-refractivity contribution < 1.29 is 23.5 Å². The van der Waals surface area contributed by atoms with Gasteiger partial charge in [0.25, 0.3) is 5.91 Å². The molecule has 0 bridgehead atoms. The van der Waals surface area contributed by atoms with Gasteiger partial charge in [0, 0.05) is 16.3 Å². The van der Waals surface area contributed by atoms with Crippen LogP contribution < -0.4 is 10.6 Å². The normalized spacial score (nSPS) is 10.3. The van der Waals surface area contributed by atoms with E-state index in [2.05, 4.69) is 10.6 Å². The highest BCUT2D eigenvalue weighted by Crippen LogP contribution is 2.24. The third-order valence-corrected chi connectivity index (χ3v) is 5.32. The van der Waals surface area contributed by atoms with Crippen molar-refractivity contribution in [2.45, 2.75) is 11.8 Å². The van der Waals surface area contributed by atoms with Crippen LogP contribution in [0.4, 0.5) is 15.8 Å². The second-order valence-electron chi connectivity index (χ2n) is 6.83. The summed E-state index contributed by atoms with van der Waals surface area (Å²) < 4.78 is 18.3. The summed E-state index contributed by atoms with van der Waals surface area (Å²) >= 11 is 1.19. The van der Waals surface area contributed by atoms with Crippen LogP contribution in [0, 0.1) is 12.7 Å². The number of amides is 2. The van der Waals surface area contributed by atoms with Gasteiger partial charge in [-0.3, -0.25) is 9.59 Å². The van der Waals surface area contributed by atoms with Crippen molar-refractivity contribution in [1.29, 1.82) is 0 Å². The molecule has 0 spiro atoms. The Morgan fingerprint density at radius 1 is 0.875 bits per heavy atom. The first-order valence-corrected chi connectivity index (χ1v) is 10.7. The second-order valence-corrected chi connectivity index (χ2v) is 7.85. The number of rotatable bonds is 8. The molecule has 3 aromatic carbocycles. The zero-order chi connectivity index (χ0) is 22.9. The van der Waals surface area contributed by atoms with E-state index in [-0.39, 0.29) is 22.9 Å². The Morgan fingerprint density at radius 2 is 1.59 bits per heavy atom. The Morgan fingerprint density at radius 3 is 2.34 bits per heavy atom. The van der Waals surface area contributed by atoms with E-state index in [0.29, 0.717) is 10.6 Å². The number of halogens is 1. The molecule has 2 amide bonds. The van der Waals surface area contributed by atoms with Crippen molar-refractivity contribution in [3.8, 4) is 0 Å². The number of carbonyl (C=O) groups is 3. The lowest BCUT2D eigenvalue weighted by Gasteiger charge is -2.10. The number of hydrogen-bond acceptors (Lipinski definition) is 5. The predicted octanol–water partition coefficient (Wildman–Crippen LogP) is 4.66. The minimum Gasteiger partial charge on any atom is -0.452 e. The van der Waals surface area contributed by atoms with E-state index in [1.165, 1.54) is 30.0 Å². The molecule has 0 radical (unpaired) electrons. The van der Waals surface area contributed by atoms with Gasteiger partial charge in [0.1, 0.15) is 5.82 Å². The molecule has 3 rings (SSSR count). The number of hydrogen-bond donors (Lipinski definition) is 2. The molecular formula is C24H21FN2O4S. The number of carbonyl (C=O) groups excluding carboxylic acids is 3. The van der Waals surface area contributed by atoms with Gasteiger partial charge in [0.05, 0.1) is 11.3 Å². The molecule has 2 N–H and O–H groups in total. The molecule has 32 heavy (non-hydrogen) atoms. The molecule has 3 aromatic rings. The lowest BCUT2D eigenvalue weighted by atomic mass is 10.2. The van der Waals surface area contributed by atoms with Crippen molar-refractivity contribution in [1.82, 2.24) is 0 Å². The van der Waals surface area contributed by atoms with Crippen molar-refractivity contribution in [3.63, 3.8) is 0 Å². The lowest BCUT2D eigenvalue weighted by Crippen LogP contribution is -2.21. The summed E-state index contributed by atoms with van der Waals surface area (Å²) in [6.07, 6.45) is 0. The van der Waals surface area contributed by atoms with Gasteiger partial charge in [-0.1, -0.05) is 35.9 Å². The smallest absolute Gasteiger partial charge is 0.339 e. The Kier molecular flexibility index (Phi) is 7.99. The van der Waals surface area contributed by atoms with Gasteiger partial charge < -0.3 is 15.4 Å². The predicted molar refractivity (Wildman–Crippen MR) is 122 cm³/mol. The van der Waals surface area contributed by atoms with E-state index in [1.807, 2.05) is 31.2 Å². The molecule has 0 atom stereocenters. The zero-order valence-corrected chi connectivity index (χ0v) is 18.1. The van der Waals surface area contributed by atoms with Crippen LogP contribution in [-0.2, 0) is 14.3 Å². The summed E-state index contributed by atoms with van der Waals surface area (Å²) in [5, 5.41) is 5.26. The molecule has 0 unspecified atom stereocenters. The third-order valence-electron chi connectivity index (χ3n) is 4.24. The molecule has 0 aliphatic carbocycles. The maximum Gasteiger partial charge on any atom is 0.339 e. The van der Waals surface area contributed by atoms with Gasteiger partial charge in [0.2, 0.25) is 5.91 Å². The minimum absolute atomic E-state index is 0.0955. The summed E-state index contributed by atoms with van der Waals surface area (Å²) in [5.41, 5.74) is 2.30. The zero-order valence-electron chi connectivity index (χ0n) is 17.3. The van der Waals surface area contributed by atoms with E-state index in [4.69, 9.17) is 4.74 Å². The summed E-state index contributed by atoms with van der Waals surface area (Å²) in [6.45, 7) is 1.44. The SMILES string of the molecule is Cc1ccc(NC(=O)CSc2ccccc2C(=O)OCC(=O)Nc2cccc(F)c2)cc1. The molecule has 0 saturated heterocycles. The van der Waals surface area contributed by atoms with Gasteiger partial charge in [-0.2, -0.15) is 0 Å². The van der Waals surface area contributed by atoms with E-state index in [0.717, 1.165) is 11.6 Å². The largest absolute Gasteiger partial charge is 0.452 e. The van der Waals surface area contributed by atoms with Crippen LogP contribution in [0.5, 0.6) is 0 Å². The van der Waals surface area contributed by atoms with Crippen molar-refractivity contribution >= 4 is 40.9 Å². The molecule has 0 aliphatic rings. The quantitative estimate of drug-likeness (QED) is 0.384. The lowest BCUT2D eigenvalue weighted by molar-refractivity contribution is -0.119. The highest BCUT2D eigenvalue weighted by atomic mass is 32.2. The number of thioether (sulfide) groups is 1. The molecule has 8 heteroatoms. The standard InChI is InChI=1S/C24H21FN2O4S/c1-16-9-11-18(12-10-16)26-23(29)15-32-21-8-3-2-7-20(21)24(30)31-14-22(28)27-19-6-4-5-17(25)13-19/h2-13H,14-15H2,1H3,(H,26,29)(H,27,28). The Labute approximate surface area is 189 Å². The van der Waals surface area contributed by atoms with Gasteiger partial charge in [0.15, 0.2) is 6.61 Å². The number of esters is 1. The highest BCUT2D eigenvalue weighted by Gasteiger charge is 2.16. The minimum atomic E-state index is -0.693. The van der Waals surface area contributed by atoms with E-state index in [1.54, 1.807) is 24.3 Å². The Bertz CT molecular complexity index is 1120. The second kappa shape index (κ2) is 11.1. The summed E-state index contributed by atoms with van der Waals surface area (Å²) in [4.78, 5) is 37.2. The molecule has 0 aliphatic heterocycles. The summed E-state index contributed by atoms with van der Waals surface area (Å²) in [7, 11) is 0. The van der Waals surface area contributed by atoms with E-state index in [9.17, 15) is 18.8 Å². The van der Waals surface area contributed by atoms with Crippen LogP contribution in [-0.4, -0.2) is 30.1 Å².